The second kappa shape index (κ2) is 12.4. The van der Waals surface area contributed by atoms with Crippen molar-refractivity contribution in [3.8, 4) is 11.3 Å². The van der Waals surface area contributed by atoms with Crippen LogP contribution in [0.25, 0.3) is 17.3 Å². The zero-order chi connectivity index (χ0) is 24.5. The molecule has 3 rings (SSSR count). The lowest BCUT2D eigenvalue weighted by Crippen LogP contribution is -2.10. The topological polar surface area (TPSA) is 75.2 Å². The molecule has 1 aromatic heterocycles. The molecule has 0 amide bonds. The predicted molar refractivity (Wildman–Crippen MR) is 140 cm³/mol. The van der Waals surface area contributed by atoms with Crippen molar-refractivity contribution in [2.75, 3.05) is 0 Å². The highest BCUT2D eigenvalue weighted by atomic mass is 16.1. The number of aliphatic imine (C=N–C) groups is 1. The minimum absolute atomic E-state index is 0.000550. The quantitative estimate of drug-likeness (QED) is 0.271. The van der Waals surface area contributed by atoms with E-state index < -0.39 is 0 Å². The molecule has 0 aliphatic carbocycles. The molecule has 0 radical (unpaired) electrons. The number of nitrogens with one attached hydrogen (secondary N) is 1. The second-order valence-electron chi connectivity index (χ2n) is 9.36. The molecule has 2 aromatic rings. The summed E-state index contributed by atoms with van der Waals surface area (Å²) in [7, 11) is 0. The molecular weight excluding hydrogens is 422 g/mol. The van der Waals surface area contributed by atoms with E-state index in [9.17, 15) is 9.59 Å². The molecule has 5 heteroatoms. The molecule has 0 saturated carbocycles. The molecular formula is C29H37N3O2. The van der Waals surface area contributed by atoms with Crippen LogP contribution < -0.4 is 0 Å². The van der Waals surface area contributed by atoms with Gasteiger partial charge in [-0.3, -0.25) is 14.6 Å². The van der Waals surface area contributed by atoms with Crippen molar-refractivity contribution in [2.24, 2.45) is 10.9 Å². The third-order valence-corrected chi connectivity index (χ3v) is 6.32. The van der Waals surface area contributed by atoms with E-state index in [4.69, 9.17) is 0 Å². The van der Waals surface area contributed by atoms with Crippen molar-refractivity contribution in [1.82, 2.24) is 9.97 Å². The van der Waals surface area contributed by atoms with E-state index >= 15 is 0 Å². The Labute approximate surface area is 203 Å². The van der Waals surface area contributed by atoms with Gasteiger partial charge in [0.25, 0.3) is 0 Å². The van der Waals surface area contributed by atoms with Crippen LogP contribution in [0.5, 0.6) is 0 Å². The number of carbonyl (C=O) groups excluding carboxylic acids is 2. The van der Waals surface area contributed by atoms with Crippen molar-refractivity contribution in [1.29, 1.82) is 0 Å². The number of unbranched alkanes of at least 4 members (excludes halogenated alkanes) is 3. The first-order valence-electron chi connectivity index (χ1n) is 12.5. The first-order chi connectivity index (χ1) is 16.4. The first-order valence-corrected chi connectivity index (χ1v) is 12.5. The van der Waals surface area contributed by atoms with Crippen LogP contribution in [0.4, 0.5) is 0 Å². The molecule has 180 valence electrons. The molecule has 2 heterocycles. The summed E-state index contributed by atoms with van der Waals surface area (Å²) in [6.07, 6.45) is 16.4. The Bertz CT molecular complexity index is 1100. The highest BCUT2D eigenvalue weighted by Crippen LogP contribution is 2.28. The van der Waals surface area contributed by atoms with Gasteiger partial charge in [-0.05, 0) is 55.0 Å². The van der Waals surface area contributed by atoms with Crippen LogP contribution in [0.1, 0.15) is 81.8 Å². The van der Waals surface area contributed by atoms with Gasteiger partial charge in [0.15, 0.2) is 11.6 Å². The molecule has 1 N–H and O–H groups in total. The molecule has 0 saturated heterocycles. The third-order valence-electron chi connectivity index (χ3n) is 6.32. The van der Waals surface area contributed by atoms with E-state index in [1.807, 2.05) is 32.2 Å². The van der Waals surface area contributed by atoms with Crippen LogP contribution in [0.2, 0.25) is 0 Å². The molecule has 0 atom stereocenters. The molecule has 0 bridgehead atoms. The van der Waals surface area contributed by atoms with Gasteiger partial charge in [0.05, 0.1) is 17.6 Å². The summed E-state index contributed by atoms with van der Waals surface area (Å²) in [4.78, 5) is 36.3. The summed E-state index contributed by atoms with van der Waals surface area (Å²) < 4.78 is 0. The van der Waals surface area contributed by atoms with Crippen molar-refractivity contribution in [3.63, 3.8) is 0 Å². The van der Waals surface area contributed by atoms with E-state index in [1.54, 1.807) is 12.3 Å². The molecule has 1 aliphatic heterocycles. The van der Waals surface area contributed by atoms with Crippen LogP contribution >= 0.6 is 0 Å². The molecule has 5 nitrogen and oxygen atoms in total. The normalized spacial score (nSPS) is 13.3. The van der Waals surface area contributed by atoms with Crippen molar-refractivity contribution >= 4 is 23.4 Å². The molecule has 1 aromatic carbocycles. The minimum Gasteiger partial charge on any atom is -0.342 e. The number of hydrogen-bond donors (Lipinski definition) is 1. The number of aromatic amines is 1. The Balaban J connectivity index is 1.55. The largest absolute Gasteiger partial charge is 0.342 e. The third kappa shape index (κ3) is 6.96. The fraction of sp³-hybridized carbons (Fsp3) is 0.448. The number of H-pyrrole nitrogens is 1. The van der Waals surface area contributed by atoms with E-state index in [1.165, 1.54) is 11.1 Å². The van der Waals surface area contributed by atoms with Crippen LogP contribution in [0, 0.1) is 12.8 Å². The Morgan fingerprint density at radius 3 is 2.65 bits per heavy atom. The van der Waals surface area contributed by atoms with Gasteiger partial charge in [0.1, 0.15) is 5.82 Å². The summed E-state index contributed by atoms with van der Waals surface area (Å²) in [5.74, 6) is 1.32. The number of hydrogen-bond acceptors (Lipinski definition) is 4. The van der Waals surface area contributed by atoms with Crippen molar-refractivity contribution in [3.05, 3.63) is 59.2 Å². The number of imidazole rings is 1. The smallest absolute Gasteiger partial charge is 0.177 e. The highest BCUT2D eigenvalue weighted by Gasteiger charge is 2.13. The van der Waals surface area contributed by atoms with Gasteiger partial charge in [-0.2, -0.15) is 0 Å². The zero-order valence-electron chi connectivity index (χ0n) is 21.0. The van der Waals surface area contributed by atoms with Gasteiger partial charge in [-0.1, -0.05) is 51.8 Å². The molecule has 34 heavy (non-hydrogen) atoms. The number of nitrogens with zero attached hydrogens (tertiary/aromatic N) is 2. The maximum atomic E-state index is 12.0. The number of benzene rings is 1. The number of carbonyl (C=O) groups is 2. The van der Waals surface area contributed by atoms with Gasteiger partial charge in [-0.25, -0.2) is 4.98 Å². The van der Waals surface area contributed by atoms with Gasteiger partial charge < -0.3 is 4.98 Å². The number of ketones is 2. The highest BCUT2D eigenvalue weighted by molar-refractivity contribution is 6.40. The van der Waals surface area contributed by atoms with Crippen LogP contribution in [-0.2, 0) is 22.4 Å². The van der Waals surface area contributed by atoms with Crippen molar-refractivity contribution < 1.29 is 9.59 Å². The SMILES string of the molecule is CCc1cc(C)c(/C=C\C(=O)C(C)C)cc1-c1cnc(CCCCCCC(=O)C2=NC=CC2)[nH]1. The number of allylic oxidation sites excluding steroid dienone is 2. The number of rotatable bonds is 13. The summed E-state index contributed by atoms with van der Waals surface area (Å²) >= 11 is 0. The Morgan fingerprint density at radius 1 is 1.15 bits per heavy atom. The molecule has 0 unspecified atom stereocenters. The van der Waals surface area contributed by atoms with E-state index in [0.717, 1.165) is 61.2 Å². The fourth-order valence-corrected chi connectivity index (χ4v) is 4.12. The number of aryl methyl sites for hydroxylation is 3. The summed E-state index contributed by atoms with van der Waals surface area (Å²) in [5, 5.41) is 0. The average Bonchev–Trinajstić information content (AvgIpc) is 3.52. The first kappa shape index (κ1) is 25.5. The summed E-state index contributed by atoms with van der Waals surface area (Å²) in [6, 6.07) is 4.38. The van der Waals surface area contributed by atoms with Crippen LogP contribution in [0.15, 0.2) is 41.7 Å². The van der Waals surface area contributed by atoms with Crippen LogP contribution in [0.3, 0.4) is 0 Å². The second-order valence-corrected chi connectivity index (χ2v) is 9.36. The van der Waals surface area contributed by atoms with E-state index in [2.05, 4.69) is 40.9 Å². The van der Waals surface area contributed by atoms with Crippen LogP contribution in [-0.4, -0.2) is 27.2 Å². The molecule has 0 fully saturated rings. The Kier molecular flexibility index (Phi) is 9.32. The van der Waals surface area contributed by atoms with E-state index in [-0.39, 0.29) is 17.5 Å². The predicted octanol–water partition coefficient (Wildman–Crippen LogP) is 6.61. The Hall–Kier alpha value is -3.08. The average molecular weight is 460 g/mol. The van der Waals surface area contributed by atoms with Crippen molar-refractivity contribution in [2.45, 2.75) is 79.1 Å². The summed E-state index contributed by atoms with van der Waals surface area (Å²) in [6.45, 7) is 8.08. The monoisotopic (exact) mass is 459 g/mol. The number of aromatic nitrogens is 2. The zero-order valence-corrected chi connectivity index (χ0v) is 21.0. The lowest BCUT2D eigenvalue weighted by Gasteiger charge is -2.11. The lowest BCUT2D eigenvalue weighted by atomic mass is 9.95. The minimum atomic E-state index is 0.000550. The maximum Gasteiger partial charge on any atom is 0.177 e. The van der Waals surface area contributed by atoms with Gasteiger partial charge >= 0.3 is 0 Å². The lowest BCUT2D eigenvalue weighted by molar-refractivity contribution is -0.117. The Morgan fingerprint density at radius 2 is 1.94 bits per heavy atom. The molecule has 0 spiro atoms. The van der Waals surface area contributed by atoms with Gasteiger partial charge in [0.2, 0.25) is 0 Å². The fourth-order valence-electron chi connectivity index (χ4n) is 4.12. The number of Topliss-reactive ketones (excluding diaryl/α,β-unsaturated/α-hetero) is 1. The maximum absolute atomic E-state index is 12.0. The molecule has 1 aliphatic rings. The van der Waals surface area contributed by atoms with E-state index in [0.29, 0.717) is 18.6 Å². The van der Waals surface area contributed by atoms with Gasteiger partial charge in [-0.15, -0.1) is 0 Å². The summed E-state index contributed by atoms with van der Waals surface area (Å²) in [5.41, 5.74) is 6.37. The van der Waals surface area contributed by atoms with Gasteiger partial charge in [0, 0.05) is 36.9 Å². The standard InChI is InChI=1S/C29H37N3O2/c1-5-22-17-21(4)23(14-15-27(33)20(2)3)18-24(22)26-19-31-29(32-26)13-9-7-6-8-12-28(34)25-11-10-16-30-25/h10,14-20H,5-9,11-13H2,1-4H3,(H,31,32)/b15-14-.